The van der Waals surface area contributed by atoms with Gasteiger partial charge in [0.05, 0.1) is 0 Å². The van der Waals surface area contributed by atoms with Crippen LogP contribution < -0.4 is 10.6 Å². The highest BCUT2D eigenvalue weighted by Gasteiger charge is 2.23. The van der Waals surface area contributed by atoms with Gasteiger partial charge in [-0.3, -0.25) is 4.79 Å². The third kappa shape index (κ3) is 3.60. The second-order valence-electron chi connectivity index (χ2n) is 5.73. The topological polar surface area (TPSA) is 67.2 Å². The van der Waals surface area contributed by atoms with Crippen molar-refractivity contribution in [3.8, 4) is 0 Å². The Morgan fingerprint density at radius 1 is 1.50 bits per heavy atom. The summed E-state index contributed by atoms with van der Waals surface area (Å²) in [5, 5.41) is 10.3. The number of anilines is 1. The fourth-order valence-electron chi connectivity index (χ4n) is 2.88. The minimum atomic E-state index is 0.0667. The van der Waals surface area contributed by atoms with E-state index in [9.17, 15) is 4.79 Å². The molecule has 1 amide bonds. The van der Waals surface area contributed by atoms with Crippen LogP contribution in [0.2, 0.25) is 0 Å². The number of nitrogens with zero attached hydrogens (tertiary/aromatic N) is 1. The molecule has 1 aliphatic rings. The van der Waals surface area contributed by atoms with E-state index in [0.717, 1.165) is 30.9 Å². The summed E-state index contributed by atoms with van der Waals surface area (Å²) in [4.78, 5) is 12.2. The first-order valence-electron chi connectivity index (χ1n) is 7.57. The van der Waals surface area contributed by atoms with E-state index in [2.05, 4.69) is 22.7 Å². The van der Waals surface area contributed by atoms with E-state index in [0.29, 0.717) is 24.0 Å². The van der Waals surface area contributed by atoms with Gasteiger partial charge >= 0.3 is 0 Å². The van der Waals surface area contributed by atoms with Crippen molar-refractivity contribution >= 4 is 11.6 Å². The van der Waals surface area contributed by atoms with Gasteiger partial charge in [-0.1, -0.05) is 19.0 Å². The summed E-state index contributed by atoms with van der Waals surface area (Å²) in [6, 6.07) is 0. The van der Waals surface area contributed by atoms with Crippen LogP contribution in [0.25, 0.3) is 0 Å². The van der Waals surface area contributed by atoms with Crippen molar-refractivity contribution in [1.29, 1.82) is 0 Å². The maximum Gasteiger partial charge on any atom is 0.224 e. The molecule has 20 heavy (non-hydrogen) atoms. The lowest BCUT2D eigenvalue weighted by Gasteiger charge is -2.27. The SMILES string of the molecule is CCc1noc(C)c1NC(=O)CC(C)C1CCNCC1. The Hall–Kier alpha value is -1.36. The van der Waals surface area contributed by atoms with Gasteiger partial charge in [0.15, 0.2) is 5.76 Å². The molecule has 0 radical (unpaired) electrons. The van der Waals surface area contributed by atoms with Gasteiger partial charge in [-0.05, 0) is 51.1 Å². The zero-order valence-electron chi connectivity index (χ0n) is 12.7. The van der Waals surface area contributed by atoms with Crippen molar-refractivity contribution < 1.29 is 9.32 Å². The molecule has 5 heteroatoms. The monoisotopic (exact) mass is 279 g/mol. The van der Waals surface area contributed by atoms with Gasteiger partial charge in [-0.25, -0.2) is 0 Å². The number of rotatable bonds is 5. The van der Waals surface area contributed by atoms with Gasteiger partial charge in [-0.15, -0.1) is 0 Å². The molecule has 2 heterocycles. The molecule has 1 unspecified atom stereocenters. The van der Waals surface area contributed by atoms with Crippen molar-refractivity contribution in [2.45, 2.75) is 46.5 Å². The number of hydrogen-bond acceptors (Lipinski definition) is 4. The molecule has 0 aromatic carbocycles. The van der Waals surface area contributed by atoms with E-state index in [1.54, 1.807) is 0 Å². The standard InChI is InChI=1S/C15H25N3O2/c1-4-13-15(11(3)20-18-13)17-14(19)9-10(2)12-5-7-16-8-6-12/h10,12,16H,4-9H2,1-3H3,(H,17,19). The van der Waals surface area contributed by atoms with Gasteiger partial charge in [0.2, 0.25) is 5.91 Å². The lowest BCUT2D eigenvalue weighted by molar-refractivity contribution is -0.117. The summed E-state index contributed by atoms with van der Waals surface area (Å²) in [5.74, 6) is 1.82. The molecule has 1 aliphatic heterocycles. The quantitative estimate of drug-likeness (QED) is 0.869. The summed E-state index contributed by atoms with van der Waals surface area (Å²) >= 11 is 0. The first-order valence-corrected chi connectivity index (χ1v) is 7.57. The van der Waals surface area contributed by atoms with E-state index in [4.69, 9.17) is 4.52 Å². The van der Waals surface area contributed by atoms with E-state index in [-0.39, 0.29) is 5.91 Å². The molecule has 0 aliphatic carbocycles. The van der Waals surface area contributed by atoms with E-state index >= 15 is 0 Å². The number of nitrogens with one attached hydrogen (secondary N) is 2. The van der Waals surface area contributed by atoms with Crippen LogP contribution in [0.1, 0.15) is 44.6 Å². The van der Waals surface area contributed by atoms with Crippen LogP contribution in [0, 0.1) is 18.8 Å². The number of carbonyl (C=O) groups is 1. The number of hydrogen-bond donors (Lipinski definition) is 2. The van der Waals surface area contributed by atoms with Crippen molar-refractivity contribution in [2.24, 2.45) is 11.8 Å². The highest BCUT2D eigenvalue weighted by molar-refractivity contribution is 5.91. The van der Waals surface area contributed by atoms with Crippen LogP contribution in [-0.4, -0.2) is 24.2 Å². The van der Waals surface area contributed by atoms with Gasteiger partial charge in [-0.2, -0.15) is 0 Å². The third-order valence-corrected chi connectivity index (χ3v) is 4.23. The molecule has 1 aromatic heterocycles. The first-order chi connectivity index (χ1) is 9.61. The van der Waals surface area contributed by atoms with Crippen LogP contribution >= 0.6 is 0 Å². The maximum absolute atomic E-state index is 12.2. The molecular weight excluding hydrogens is 254 g/mol. The average Bonchev–Trinajstić information content (AvgIpc) is 2.80. The second kappa shape index (κ2) is 6.88. The van der Waals surface area contributed by atoms with Crippen molar-refractivity contribution in [3.05, 3.63) is 11.5 Å². The maximum atomic E-state index is 12.2. The van der Waals surface area contributed by atoms with Crippen molar-refractivity contribution in [1.82, 2.24) is 10.5 Å². The number of aromatic nitrogens is 1. The van der Waals surface area contributed by atoms with Crippen LogP contribution in [0.15, 0.2) is 4.52 Å². The van der Waals surface area contributed by atoms with Crippen molar-refractivity contribution in [2.75, 3.05) is 18.4 Å². The van der Waals surface area contributed by atoms with E-state index in [1.165, 1.54) is 12.8 Å². The Bertz CT molecular complexity index is 450. The Morgan fingerprint density at radius 3 is 2.85 bits per heavy atom. The molecule has 0 spiro atoms. The van der Waals surface area contributed by atoms with Gasteiger partial charge in [0.25, 0.3) is 0 Å². The number of piperidine rings is 1. The van der Waals surface area contributed by atoms with Gasteiger partial charge < -0.3 is 15.2 Å². The Balaban J connectivity index is 1.89. The van der Waals surface area contributed by atoms with Crippen molar-refractivity contribution in [3.63, 3.8) is 0 Å². The molecule has 1 atom stereocenters. The summed E-state index contributed by atoms with van der Waals surface area (Å²) in [5.41, 5.74) is 1.58. The molecule has 1 saturated heterocycles. The normalized spacial score (nSPS) is 17.9. The molecule has 1 aromatic rings. The molecule has 1 fully saturated rings. The summed E-state index contributed by atoms with van der Waals surface area (Å²) in [7, 11) is 0. The molecular formula is C15H25N3O2. The number of aryl methyl sites for hydroxylation is 2. The fourth-order valence-corrected chi connectivity index (χ4v) is 2.88. The highest BCUT2D eigenvalue weighted by atomic mass is 16.5. The Labute approximate surface area is 120 Å². The first kappa shape index (κ1) is 15.0. The average molecular weight is 279 g/mol. The van der Waals surface area contributed by atoms with Crippen LogP contribution in [-0.2, 0) is 11.2 Å². The molecule has 0 saturated carbocycles. The third-order valence-electron chi connectivity index (χ3n) is 4.23. The highest BCUT2D eigenvalue weighted by Crippen LogP contribution is 2.26. The molecule has 2 rings (SSSR count). The zero-order chi connectivity index (χ0) is 14.5. The minimum absolute atomic E-state index is 0.0667. The number of carbonyl (C=O) groups excluding carboxylic acids is 1. The fraction of sp³-hybridized carbons (Fsp3) is 0.733. The molecule has 5 nitrogen and oxygen atoms in total. The largest absolute Gasteiger partial charge is 0.359 e. The summed E-state index contributed by atoms with van der Waals surface area (Å²) in [6.07, 6.45) is 3.66. The molecule has 0 bridgehead atoms. The van der Waals surface area contributed by atoms with E-state index < -0.39 is 0 Å². The van der Waals surface area contributed by atoms with Gasteiger partial charge in [0, 0.05) is 6.42 Å². The van der Waals surface area contributed by atoms with Gasteiger partial charge in [0.1, 0.15) is 11.4 Å². The lowest BCUT2D eigenvalue weighted by Crippen LogP contribution is -2.32. The van der Waals surface area contributed by atoms with Crippen LogP contribution in [0.3, 0.4) is 0 Å². The number of amides is 1. The predicted octanol–water partition coefficient (Wildman–Crippen LogP) is 2.51. The molecule has 2 N–H and O–H groups in total. The van der Waals surface area contributed by atoms with E-state index in [1.807, 2.05) is 13.8 Å². The lowest BCUT2D eigenvalue weighted by atomic mass is 9.84. The zero-order valence-corrected chi connectivity index (χ0v) is 12.7. The Morgan fingerprint density at radius 2 is 2.20 bits per heavy atom. The predicted molar refractivity (Wildman–Crippen MR) is 78.6 cm³/mol. The summed E-state index contributed by atoms with van der Waals surface area (Å²) < 4.78 is 5.14. The second-order valence-corrected chi connectivity index (χ2v) is 5.73. The summed E-state index contributed by atoms with van der Waals surface area (Å²) in [6.45, 7) is 8.15. The molecule has 112 valence electrons. The minimum Gasteiger partial charge on any atom is -0.359 e. The smallest absolute Gasteiger partial charge is 0.224 e. The van der Waals surface area contributed by atoms with Crippen LogP contribution in [0.4, 0.5) is 5.69 Å². The Kier molecular flexibility index (Phi) is 5.17. The van der Waals surface area contributed by atoms with Crippen LogP contribution in [0.5, 0.6) is 0 Å².